The monoisotopic (exact) mass is 229 g/mol. The lowest BCUT2D eigenvalue weighted by atomic mass is 10.1. The highest BCUT2D eigenvalue weighted by atomic mass is 16.4. The lowest BCUT2D eigenvalue weighted by molar-refractivity contribution is 0.527. The van der Waals surface area contributed by atoms with E-state index in [1.165, 1.54) is 5.56 Å². The van der Waals surface area contributed by atoms with E-state index in [4.69, 9.17) is 4.42 Å². The molecule has 2 heterocycles. The Balaban J connectivity index is 2.26. The molecule has 0 unspecified atom stereocenters. The molecule has 0 saturated heterocycles. The number of nitrogens with one attached hydrogen (secondary N) is 1. The Morgan fingerprint density at radius 1 is 1.41 bits per heavy atom. The number of hydrogen-bond acceptors (Lipinski definition) is 3. The molecule has 0 atom stereocenters. The standard InChI is InChI=1S/C12H11N3O2/c1-7-6-15(2)10-4-3-8(5-9(7)10)11-13-14-12(16)17-11/h3-6H,1-2H3,(H,14,16). The van der Waals surface area contributed by atoms with Gasteiger partial charge in [0.1, 0.15) is 0 Å². The minimum Gasteiger partial charge on any atom is -0.388 e. The van der Waals surface area contributed by atoms with Crippen LogP contribution < -0.4 is 5.76 Å². The molecule has 1 N–H and O–H groups in total. The Morgan fingerprint density at radius 2 is 2.24 bits per heavy atom. The number of aryl methyl sites for hydroxylation is 2. The van der Waals surface area contributed by atoms with Crippen molar-refractivity contribution in [3.05, 3.63) is 40.5 Å². The molecule has 5 heteroatoms. The lowest BCUT2D eigenvalue weighted by Crippen LogP contribution is -1.93. The smallest absolute Gasteiger partial charge is 0.388 e. The van der Waals surface area contributed by atoms with Crippen LogP contribution in [0.15, 0.2) is 33.6 Å². The predicted octanol–water partition coefficient (Wildman–Crippen LogP) is 1.83. The molecule has 2 aromatic heterocycles. The van der Waals surface area contributed by atoms with Crippen LogP contribution >= 0.6 is 0 Å². The van der Waals surface area contributed by atoms with Gasteiger partial charge in [0.25, 0.3) is 0 Å². The lowest BCUT2D eigenvalue weighted by Gasteiger charge is -1.98. The molecule has 0 radical (unpaired) electrons. The van der Waals surface area contributed by atoms with Crippen molar-refractivity contribution < 1.29 is 4.42 Å². The number of rotatable bonds is 1. The number of aromatic nitrogens is 3. The molecule has 0 spiro atoms. The van der Waals surface area contributed by atoms with Gasteiger partial charge in [0.05, 0.1) is 0 Å². The van der Waals surface area contributed by atoms with Crippen LogP contribution in [0.4, 0.5) is 0 Å². The van der Waals surface area contributed by atoms with Gasteiger partial charge in [0, 0.05) is 29.7 Å². The van der Waals surface area contributed by atoms with E-state index in [-0.39, 0.29) is 0 Å². The highest BCUT2D eigenvalue weighted by Gasteiger charge is 2.08. The van der Waals surface area contributed by atoms with Gasteiger partial charge >= 0.3 is 5.76 Å². The summed E-state index contributed by atoms with van der Waals surface area (Å²) in [6.07, 6.45) is 2.06. The fourth-order valence-electron chi connectivity index (χ4n) is 2.08. The molecule has 0 aliphatic carbocycles. The van der Waals surface area contributed by atoms with Gasteiger partial charge in [0.15, 0.2) is 0 Å². The van der Waals surface area contributed by atoms with Crippen LogP contribution in [-0.4, -0.2) is 14.8 Å². The molecule has 3 aromatic rings. The maximum absolute atomic E-state index is 10.9. The van der Waals surface area contributed by atoms with Gasteiger partial charge in [-0.3, -0.25) is 0 Å². The Kier molecular flexibility index (Phi) is 1.95. The zero-order valence-electron chi connectivity index (χ0n) is 9.52. The zero-order valence-corrected chi connectivity index (χ0v) is 9.52. The summed E-state index contributed by atoms with van der Waals surface area (Å²) in [6.45, 7) is 2.05. The first kappa shape index (κ1) is 9.89. The Bertz CT molecular complexity index is 749. The summed E-state index contributed by atoms with van der Waals surface area (Å²) >= 11 is 0. The molecule has 0 fully saturated rings. The van der Waals surface area contributed by atoms with Crippen molar-refractivity contribution in [2.45, 2.75) is 6.92 Å². The van der Waals surface area contributed by atoms with E-state index < -0.39 is 5.76 Å². The third-order valence-electron chi connectivity index (χ3n) is 2.87. The van der Waals surface area contributed by atoms with Gasteiger partial charge in [-0.25, -0.2) is 9.89 Å². The van der Waals surface area contributed by atoms with E-state index in [1.807, 2.05) is 32.2 Å². The van der Waals surface area contributed by atoms with Gasteiger partial charge < -0.3 is 8.98 Å². The zero-order chi connectivity index (χ0) is 12.0. The van der Waals surface area contributed by atoms with Crippen LogP contribution in [0.2, 0.25) is 0 Å². The van der Waals surface area contributed by atoms with E-state index in [9.17, 15) is 4.79 Å². The van der Waals surface area contributed by atoms with Crippen molar-refractivity contribution in [3.8, 4) is 11.5 Å². The van der Waals surface area contributed by atoms with Crippen LogP contribution in [0.3, 0.4) is 0 Å². The van der Waals surface area contributed by atoms with Gasteiger partial charge in [-0.1, -0.05) is 0 Å². The number of fused-ring (bicyclic) bond motifs is 1. The highest BCUT2D eigenvalue weighted by molar-refractivity contribution is 5.87. The second-order valence-corrected chi connectivity index (χ2v) is 4.07. The minimum absolute atomic E-state index is 0.320. The van der Waals surface area contributed by atoms with Crippen LogP contribution in [0, 0.1) is 6.92 Å². The quantitative estimate of drug-likeness (QED) is 0.692. The summed E-state index contributed by atoms with van der Waals surface area (Å²) in [5.41, 5.74) is 3.12. The van der Waals surface area contributed by atoms with Crippen molar-refractivity contribution in [1.29, 1.82) is 0 Å². The van der Waals surface area contributed by atoms with Crippen LogP contribution in [0.25, 0.3) is 22.4 Å². The SMILES string of the molecule is Cc1cn(C)c2ccc(-c3n[nH]c(=O)o3)cc12. The van der Waals surface area contributed by atoms with Gasteiger partial charge in [0.2, 0.25) is 5.89 Å². The Labute approximate surface area is 96.7 Å². The summed E-state index contributed by atoms with van der Waals surface area (Å²) in [4.78, 5) is 10.9. The molecule has 0 saturated carbocycles. The largest absolute Gasteiger partial charge is 0.434 e. The molecule has 17 heavy (non-hydrogen) atoms. The first-order valence-electron chi connectivity index (χ1n) is 5.27. The van der Waals surface area contributed by atoms with E-state index in [2.05, 4.69) is 21.0 Å². The molecule has 1 aromatic carbocycles. The molecule has 5 nitrogen and oxygen atoms in total. The molecular weight excluding hydrogens is 218 g/mol. The van der Waals surface area contributed by atoms with Crippen molar-refractivity contribution in [1.82, 2.24) is 14.8 Å². The first-order chi connectivity index (χ1) is 8.15. The van der Waals surface area contributed by atoms with Crippen LogP contribution in [-0.2, 0) is 7.05 Å². The number of H-pyrrole nitrogens is 1. The van der Waals surface area contributed by atoms with E-state index in [0.29, 0.717) is 5.89 Å². The summed E-state index contributed by atoms with van der Waals surface area (Å²) in [5, 5.41) is 7.21. The fourth-order valence-corrected chi connectivity index (χ4v) is 2.08. The van der Waals surface area contributed by atoms with Gasteiger partial charge in [-0.05, 0) is 30.7 Å². The molecule has 3 rings (SSSR count). The number of nitrogens with zero attached hydrogens (tertiary/aromatic N) is 2. The Hall–Kier alpha value is -2.30. The fraction of sp³-hybridized carbons (Fsp3) is 0.167. The van der Waals surface area contributed by atoms with Crippen LogP contribution in [0.1, 0.15) is 5.56 Å². The van der Waals surface area contributed by atoms with Crippen molar-refractivity contribution >= 4 is 10.9 Å². The third-order valence-corrected chi connectivity index (χ3v) is 2.87. The van der Waals surface area contributed by atoms with E-state index in [0.717, 1.165) is 16.5 Å². The summed E-state index contributed by atoms with van der Waals surface area (Å²) in [6, 6.07) is 5.86. The molecular formula is C12H11N3O2. The molecule has 0 aliphatic rings. The van der Waals surface area contributed by atoms with Crippen molar-refractivity contribution in [2.75, 3.05) is 0 Å². The summed E-state index contributed by atoms with van der Waals surface area (Å²) < 4.78 is 7.00. The van der Waals surface area contributed by atoms with Crippen molar-refractivity contribution in [2.24, 2.45) is 7.05 Å². The van der Waals surface area contributed by atoms with Gasteiger partial charge in [-0.15, -0.1) is 5.10 Å². The second kappa shape index (κ2) is 3.35. The maximum Gasteiger partial charge on any atom is 0.434 e. The topological polar surface area (TPSA) is 63.8 Å². The second-order valence-electron chi connectivity index (χ2n) is 4.07. The third kappa shape index (κ3) is 1.47. The van der Waals surface area contributed by atoms with E-state index >= 15 is 0 Å². The number of aromatic amines is 1. The van der Waals surface area contributed by atoms with Crippen LogP contribution in [0.5, 0.6) is 0 Å². The van der Waals surface area contributed by atoms with E-state index in [1.54, 1.807) is 0 Å². The summed E-state index contributed by atoms with van der Waals surface area (Å²) in [5.74, 6) is -0.218. The maximum atomic E-state index is 10.9. The molecule has 0 aliphatic heterocycles. The average Bonchev–Trinajstić information content (AvgIpc) is 2.85. The summed E-state index contributed by atoms with van der Waals surface area (Å²) in [7, 11) is 2.00. The predicted molar refractivity (Wildman–Crippen MR) is 63.8 cm³/mol. The van der Waals surface area contributed by atoms with Gasteiger partial charge in [-0.2, -0.15) is 0 Å². The average molecular weight is 229 g/mol. The Morgan fingerprint density at radius 3 is 2.94 bits per heavy atom. The molecule has 0 bridgehead atoms. The number of hydrogen-bond donors (Lipinski definition) is 1. The normalized spacial score (nSPS) is 11.2. The molecule has 0 amide bonds. The minimum atomic E-state index is -0.537. The molecule has 86 valence electrons. The van der Waals surface area contributed by atoms with Crippen molar-refractivity contribution in [3.63, 3.8) is 0 Å². The first-order valence-corrected chi connectivity index (χ1v) is 5.27. The number of benzene rings is 1. The highest BCUT2D eigenvalue weighted by Crippen LogP contribution is 2.25.